The van der Waals surface area contributed by atoms with Gasteiger partial charge in [-0.2, -0.15) is 0 Å². The molecule has 0 aromatic heterocycles. The molecule has 122 valence electrons. The minimum absolute atomic E-state index is 0.173. The Balaban J connectivity index is 1.83. The number of carbonyl (C=O) groups is 2. The van der Waals surface area contributed by atoms with Crippen molar-refractivity contribution in [1.82, 2.24) is 0 Å². The summed E-state index contributed by atoms with van der Waals surface area (Å²) in [4.78, 5) is 23.7. The first-order valence-corrected chi connectivity index (χ1v) is 8.03. The van der Waals surface area contributed by atoms with E-state index >= 15 is 0 Å². The third-order valence-electron chi connectivity index (χ3n) is 4.11. The lowest BCUT2D eigenvalue weighted by molar-refractivity contribution is -0.133. The summed E-state index contributed by atoms with van der Waals surface area (Å²) in [6.07, 6.45) is 1.53. The highest BCUT2D eigenvalue weighted by Gasteiger charge is 2.28. The van der Waals surface area contributed by atoms with Crippen molar-refractivity contribution in [3.63, 3.8) is 0 Å². The molecule has 1 aliphatic carbocycles. The Morgan fingerprint density at radius 3 is 2.08 bits per heavy atom. The van der Waals surface area contributed by atoms with Gasteiger partial charge in [0.25, 0.3) is 5.91 Å². The number of hydrogen-bond acceptors (Lipinski definition) is 2. The minimum Gasteiger partial charge on any atom is -0.478 e. The maximum absolute atomic E-state index is 12.5. The number of rotatable bonds is 4. The van der Waals surface area contributed by atoms with E-state index < -0.39 is 11.9 Å². The number of carboxylic acid groups (broad SMARTS) is 1. The molecule has 5 heteroatoms. The van der Waals surface area contributed by atoms with E-state index in [2.05, 4.69) is 0 Å². The van der Waals surface area contributed by atoms with Gasteiger partial charge >= 0.3 is 5.97 Å². The summed E-state index contributed by atoms with van der Waals surface area (Å²) in [5.41, 5.74) is 3.08. The molecule has 0 unspecified atom stereocenters. The monoisotopic (exact) mass is 341 g/mol. The number of anilines is 1. The zero-order valence-corrected chi connectivity index (χ0v) is 13.7. The molecule has 0 saturated heterocycles. The van der Waals surface area contributed by atoms with Crippen LogP contribution in [0, 0.1) is 0 Å². The SMILES string of the molecule is O=C(O)C1=C(C(=O)N(Cl)c2ccc(-c3ccccc3)cc2)CCC1. The van der Waals surface area contributed by atoms with Crippen molar-refractivity contribution in [2.45, 2.75) is 19.3 Å². The zero-order chi connectivity index (χ0) is 17.1. The van der Waals surface area contributed by atoms with Crippen LogP contribution in [0.3, 0.4) is 0 Å². The Hall–Kier alpha value is -2.59. The lowest BCUT2D eigenvalue weighted by Gasteiger charge is -2.16. The van der Waals surface area contributed by atoms with Gasteiger partial charge in [0, 0.05) is 22.9 Å². The van der Waals surface area contributed by atoms with Gasteiger partial charge in [0.1, 0.15) is 0 Å². The quantitative estimate of drug-likeness (QED) is 0.838. The highest BCUT2D eigenvalue weighted by Crippen LogP contribution is 2.31. The van der Waals surface area contributed by atoms with Crippen molar-refractivity contribution in [1.29, 1.82) is 0 Å². The van der Waals surface area contributed by atoms with E-state index in [0.717, 1.165) is 15.5 Å². The molecule has 0 bridgehead atoms. The van der Waals surface area contributed by atoms with Crippen molar-refractivity contribution < 1.29 is 14.7 Å². The van der Waals surface area contributed by atoms with Gasteiger partial charge in [0.05, 0.1) is 5.69 Å². The molecule has 0 spiro atoms. The van der Waals surface area contributed by atoms with Crippen LogP contribution in [0.25, 0.3) is 11.1 Å². The van der Waals surface area contributed by atoms with E-state index in [1.165, 1.54) is 0 Å². The van der Waals surface area contributed by atoms with E-state index in [1.807, 2.05) is 42.5 Å². The van der Waals surface area contributed by atoms with Gasteiger partial charge < -0.3 is 5.11 Å². The molecular formula is C19H16ClNO3. The zero-order valence-electron chi connectivity index (χ0n) is 12.9. The van der Waals surface area contributed by atoms with Crippen LogP contribution >= 0.6 is 11.8 Å². The fourth-order valence-corrected chi connectivity index (χ4v) is 3.08. The summed E-state index contributed by atoms with van der Waals surface area (Å²) in [5, 5.41) is 9.18. The van der Waals surface area contributed by atoms with Crippen LogP contribution in [-0.2, 0) is 9.59 Å². The summed E-state index contributed by atoms with van der Waals surface area (Å²) in [7, 11) is 0. The van der Waals surface area contributed by atoms with E-state index in [1.54, 1.807) is 12.1 Å². The number of halogens is 1. The smallest absolute Gasteiger partial charge is 0.332 e. The van der Waals surface area contributed by atoms with Gasteiger partial charge in [-0.1, -0.05) is 42.5 Å². The number of aliphatic carboxylic acids is 1. The summed E-state index contributed by atoms with van der Waals surface area (Å²) in [5.74, 6) is -1.50. The Bertz CT molecular complexity index is 797. The number of nitrogens with zero attached hydrogens (tertiary/aromatic N) is 1. The topological polar surface area (TPSA) is 57.6 Å². The van der Waals surface area contributed by atoms with Crippen molar-refractivity contribution in [3.05, 3.63) is 65.7 Å². The highest BCUT2D eigenvalue weighted by atomic mass is 35.5. The van der Waals surface area contributed by atoms with Crippen LogP contribution in [0.2, 0.25) is 0 Å². The number of hydrogen-bond donors (Lipinski definition) is 1. The second-order valence-corrected chi connectivity index (χ2v) is 5.95. The van der Waals surface area contributed by atoms with Crippen molar-refractivity contribution in [2.75, 3.05) is 4.42 Å². The van der Waals surface area contributed by atoms with Gasteiger partial charge in [-0.25, -0.2) is 9.21 Å². The molecule has 4 nitrogen and oxygen atoms in total. The molecule has 2 aromatic carbocycles. The molecule has 0 fully saturated rings. The van der Waals surface area contributed by atoms with Crippen molar-refractivity contribution >= 4 is 29.3 Å². The summed E-state index contributed by atoms with van der Waals surface area (Å²) >= 11 is 6.16. The molecule has 24 heavy (non-hydrogen) atoms. The van der Waals surface area contributed by atoms with Crippen LogP contribution in [0.4, 0.5) is 5.69 Å². The van der Waals surface area contributed by atoms with Crippen molar-refractivity contribution in [3.8, 4) is 11.1 Å². The van der Waals surface area contributed by atoms with Crippen LogP contribution in [0.1, 0.15) is 19.3 Å². The van der Waals surface area contributed by atoms with E-state index in [9.17, 15) is 14.7 Å². The second kappa shape index (κ2) is 6.89. The highest BCUT2D eigenvalue weighted by molar-refractivity contribution is 6.39. The first kappa shape index (κ1) is 16.3. The van der Waals surface area contributed by atoms with Gasteiger partial charge in [-0.3, -0.25) is 4.79 Å². The van der Waals surface area contributed by atoms with Crippen LogP contribution in [-0.4, -0.2) is 17.0 Å². The van der Waals surface area contributed by atoms with Gasteiger partial charge in [0.15, 0.2) is 0 Å². The van der Waals surface area contributed by atoms with Gasteiger partial charge in [-0.15, -0.1) is 0 Å². The fraction of sp³-hybridized carbons (Fsp3) is 0.158. The van der Waals surface area contributed by atoms with Crippen LogP contribution in [0.5, 0.6) is 0 Å². The van der Waals surface area contributed by atoms with Crippen LogP contribution < -0.4 is 4.42 Å². The number of amides is 1. The normalized spacial score (nSPS) is 13.9. The predicted molar refractivity (Wildman–Crippen MR) is 93.7 cm³/mol. The molecular weight excluding hydrogens is 326 g/mol. The van der Waals surface area contributed by atoms with E-state index in [-0.39, 0.29) is 5.57 Å². The largest absolute Gasteiger partial charge is 0.478 e. The summed E-state index contributed by atoms with van der Waals surface area (Å²) < 4.78 is 0.998. The maximum Gasteiger partial charge on any atom is 0.332 e. The Morgan fingerprint density at radius 2 is 1.46 bits per heavy atom. The lowest BCUT2D eigenvalue weighted by atomic mass is 10.1. The Morgan fingerprint density at radius 1 is 0.875 bits per heavy atom. The molecule has 0 saturated carbocycles. The molecule has 3 rings (SSSR count). The van der Waals surface area contributed by atoms with Gasteiger partial charge in [0.2, 0.25) is 0 Å². The first-order valence-electron chi connectivity index (χ1n) is 7.69. The van der Waals surface area contributed by atoms with Crippen LogP contribution in [0.15, 0.2) is 65.7 Å². The molecule has 0 radical (unpaired) electrons. The molecule has 0 atom stereocenters. The van der Waals surface area contributed by atoms with E-state index in [4.69, 9.17) is 11.8 Å². The minimum atomic E-state index is -1.04. The standard InChI is InChI=1S/C19H16ClNO3/c20-21(18(22)16-7-4-8-17(16)19(23)24)15-11-9-14(10-12-15)13-5-2-1-3-6-13/h1-3,5-6,9-12H,4,7-8H2,(H,23,24). The number of carboxylic acids is 1. The lowest BCUT2D eigenvalue weighted by Crippen LogP contribution is -2.23. The second-order valence-electron chi connectivity index (χ2n) is 5.61. The first-order chi connectivity index (χ1) is 11.6. The third kappa shape index (κ3) is 3.19. The number of carbonyl (C=O) groups excluding carboxylic acids is 1. The Kier molecular flexibility index (Phi) is 4.67. The van der Waals surface area contributed by atoms with Crippen molar-refractivity contribution in [2.24, 2.45) is 0 Å². The summed E-state index contributed by atoms with van der Waals surface area (Å²) in [6.45, 7) is 0. The molecule has 0 heterocycles. The van der Waals surface area contributed by atoms with E-state index in [0.29, 0.717) is 30.5 Å². The van der Waals surface area contributed by atoms with Gasteiger partial charge in [-0.05, 0) is 42.5 Å². The molecule has 1 amide bonds. The molecule has 0 aliphatic heterocycles. The third-order valence-corrected chi connectivity index (χ3v) is 4.46. The molecule has 2 aromatic rings. The molecule has 1 aliphatic rings. The average Bonchev–Trinajstić information content (AvgIpc) is 3.11. The fourth-order valence-electron chi connectivity index (χ4n) is 2.87. The average molecular weight is 342 g/mol. The Labute approximate surface area is 145 Å². The predicted octanol–water partition coefficient (Wildman–Crippen LogP) is 4.41. The molecule has 1 N–H and O–H groups in total. The number of benzene rings is 2. The summed E-state index contributed by atoms with van der Waals surface area (Å²) in [6, 6.07) is 17.1. The maximum atomic E-state index is 12.5.